The molecule has 0 aliphatic carbocycles. The molecule has 0 amide bonds. The number of hydrogen-bond acceptors (Lipinski definition) is 2. The molecule has 0 saturated heterocycles. The molecular formula is C9H11NS. The van der Waals surface area contributed by atoms with E-state index in [0.29, 0.717) is 6.54 Å². The fourth-order valence-corrected chi connectivity index (χ4v) is 1.58. The van der Waals surface area contributed by atoms with Gasteiger partial charge in [-0.05, 0) is 23.9 Å². The molecule has 0 radical (unpaired) electrons. The van der Waals surface area contributed by atoms with Gasteiger partial charge in [0.15, 0.2) is 0 Å². The van der Waals surface area contributed by atoms with E-state index in [1.54, 1.807) is 11.3 Å². The predicted molar refractivity (Wildman–Crippen MR) is 49.6 cm³/mol. The van der Waals surface area contributed by atoms with Crippen LogP contribution in [0, 0.1) is 19.3 Å². The summed E-state index contributed by atoms with van der Waals surface area (Å²) in [4.78, 5) is 1.35. The summed E-state index contributed by atoms with van der Waals surface area (Å²) in [5, 5.41) is 5.29. The minimum Gasteiger partial charge on any atom is -0.302 e. The summed E-state index contributed by atoms with van der Waals surface area (Å²) in [6, 6.07) is 2.17. The number of thiophene rings is 1. The fraction of sp³-hybridized carbons (Fsp3) is 0.333. The van der Waals surface area contributed by atoms with Crippen molar-refractivity contribution in [2.45, 2.75) is 13.5 Å². The van der Waals surface area contributed by atoms with Crippen molar-refractivity contribution >= 4 is 11.3 Å². The first-order valence-electron chi connectivity index (χ1n) is 3.51. The second kappa shape index (κ2) is 4.17. The van der Waals surface area contributed by atoms with E-state index in [9.17, 15) is 0 Å². The highest BCUT2D eigenvalue weighted by Gasteiger charge is 1.93. The van der Waals surface area contributed by atoms with Crippen molar-refractivity contribution < 1.29 is 0 Å². The van der Waals surface area contributed by atoms with Gasteiger partial charge in [-0.25, -0.2) is 0 Å². The van der Waals surface area contributed by atoms with E-state index in [0.717, 1.165) is 6.54 Å². The lowest BCUT2D eigenvalue weighted by atomic mass is 10.3. The highest BCUT2D eigenvalue weighted by atomic mass is 32.1. The molecule has 0 atom stereocenters. The van der Waals surface area contributed by atoms with Gasteiger partial charge in [0, 0.05) is 11.4 Å². The van der Waals surface area contributed by atoms with Gasteiger partial charge in [-0.1, -0.05) is 5.92 Å². The van der Waals surface area contributed by atoms with Crippen LogP contribution in [0.2, 0.25) is 0 Å². The first-order valence-corrected chi connectivity index (χ1v) is 4.39. The molecule has 11 heavy (non-hydrogen) atoms. The van der Waals surface area contributed by atoms with Gasteiger partial charge in [-0.2, -0.15) is 0 Å². The Morgan fingerprint density at radius 3 is 3.09 bits per heavy atom. The zero-order valence-electron chi connectivity index (χ0n) is 6.55. The minimum atomic E-state index is 0.648. The van der Waals surface area contributed by atoms with Crippen LogP contribution in [0.25, 0.3) is 0 Å². The third-order valence-corrected chi connectivity index (χ3v) is 2.25. The number of hydrogen-bond donors (Lipinski definition) is 1. The first-order chi connectivity index (χ1) is 5.33. The van der Waals surface area contributed by atoms with E-state index in [1.807, 2.05) is 0 Å². The van der Waals surface area contributed by atoms with E-state index < -0.39 is 0 Å². The Morgan fingerprint density at radius 1 is 1.73 bits per heavy atom. The molecule has 58 valence electrons. The van der Waals surface area contributed by atoms with Crippen molar-refractivity contribution in [3.05, 3.63) is 21.9 Å². The summed E-state index contributed by atoms with van der Waals surface area (Å²) in [6.45, 7) is 3.64. The van der Waals surface area contributed by atoms with Crippen LogP contribution in [0.3, 0.4) is 0 Å². The number of aryl methyl sites for hydroxylation is 1. The average Bonchev–Trinajstić information content (AvgIpc) is 2.37. The standard InChI is InChI=1S/C9H11NS/c1-3-4-10-6-9-5-8(2)11-7-9/h1,5,7,10H,4,6H2,2H3. The Kier molecular flexibility index (Phi) is 3.15. The molecule has 1 nitrogen and oxygen atoms in total. The summed E-state index contributed by atoms with van der Waals surface area (Å²) in [5.41, 5.74) is 1.32. The van der Waals surface area contributed by atoms with Crippen LogP contribution in [-0.2, 0) is 6.54 Å². The third-order valence-electron chi connectivity index (χ3n) is 1.34. The lowest BCUT2D eigenvalue weighted by Crippen LogP contribution is -2.12. The van der Waals surface area contributed by atoms with Gasteiger partial charge < -0.3 is 5.32 Å². The summed E-state index contributed by atoms with van der Waals surface area (Å²) in [6.07, 6.45) is 5.09. The Bertz CT molecular complexity index is 257. The SMILES string of the molecule is C#CCNCc1csc(C)c1. The molecule has 0 fully saturated rings. The van der Waals surface area contributed by atoms with Crippen molar-refractivity contribution in [1.29, 1.82) is 0 Å². The quantitative estimate of drug-likeness (QED) is 0.532. The van der Waals surface area contributed by atoms with Crippen molar-refractivity contribution in [3.8, 4) is 12.3 Å². The van der Waals surface area contributed by atoms with Crippen molar-refractivity contribution in [3.63, 3.8) is 0 Å². The number of terminal acetylenes is 1. The van der Waals surface area contributed by atoms with E-state index in [1.165, 1.54) is 10.4 Å². The maximum atomic E-state index is 5.09. The van der Waals surface area contributed by atoms with E-state index in [2.05, 4.69) is 29.6 Å². The second-order valence-electron chi connectivity index (χ2n) is 2.37. The van der Waals surface area contributed by atoms with E-state index >= 15 is 0 Å². The van der Waals surface area contributed by atoms with Crippen LogP contribution < -0.4 is 5.32 Å². The highest BCUT2D eigenvalue weighted by Crippen LogP contribution is 2.12. The summed E-state index contributed by atoms with van der Waals surface area (Å²) >= 11 is 1.77. The van der Waals surface area contributed by atoms with E-state index in [-0.39, 0.29) is 0 Å². The lowest BCUT2D eigenvalue weighted by Gasteiger charge is -1.95. The molecule has 0 bridgehead atoms. The minimum absolute atomic E-state index is 0.648. The van der Waals surface area contributed by atoms with Gasteiger partial charge in [-0.3, -0.25) is 0 Å². The van der Waals surface area contributed by atoms with E-state index in [4.69, 9.17) is 6.42 Å². The van der Waals surface area contributed by atoms with Crippen LogP contribution in [-0.4, -0.2) is 6.54 Å². The van der Waals surface area contributed by atoms with Gasteiger partial charge >= 0.3 is 0 Å². The Morgan fingerprint density at radius 2 is 2.55 bits per heavy atom. The molecule has 0 aliphatic rings. The van der Waals surface area contributed by atoms with Crippen molar-refractivity contribution in [2.75, 3.05) is 6.54 Å². The molecule has 1 heterocycles. The van der Waals surface area contributed by atoms with Crippen molar-refractivity contribution in [2.24, 2.45) is 0 Å². The summed E-state index contributed by atoms with van der Waals surface area (Å²) in [7, 11) is 0. The largest absolute Gasteiger partial charge is 0.302 e. The molecule has 1 rings (SSSR count). The highest BCUT2D eigenvalue weighted by molar-refractivity contribution is 7.10. The topological polar surface area (TPSA) is 12.0 Å². The Labute approximate surface area is 71.4 Å². The molecule has 0 spiro atoms. The van der Waals surface area contributed by atoms with Gasteiger partial charge in [0.25, 0.3) is 0 Å². The Balaban J connectivity index is 2.34. The normalized spacial score (nSPS) is 9.45. The molecule has 2 heteroatoms. The molecular weight excluding hydrogens is 154 g/mol. The van der Waals surface area contributed by atoms with Crippen LogP contribution in [0.5, 0.6) is 0 Å². The molecule has 0 aromatic carbocycles. The monoisotopic (exact) mass is 165 g/mol. The molecule has 1 aromatic heterocycles. The third kappa shape index (κ3) is 2.75. The zero-order valence-corrected chi connectivity index (χ0v) is 7.37. The molecule has 0 saturated carbocycles. The van der Waals surface area contributed by atoms with Crippen LogP contribution in [0.15, 0.2) is 11.4 Å². The predicted octanol–water partition coefficient (Wildman–Crippen LogP) is 1.78. The number of rotatable bonds is 3. The molecule has 1 N–H and O–H groups in total. The van der Waals surface area contributed by atoms with Crippen LogP contribution in [0.1, 0.15) is 10.4 Å². The van der Waals surface area contributed by atoms with Gasteiger partial charge in [-0.15, -0.1) is 17.8 Å². The zero-order chi connectivity index (χ0) is 8.10. The number of nitrogens with one attached hydrogen (secondary N) is 1. The van der Waals surface area contributed by atoms with Gasteiger partial charge in [0.1, 0.15) is 0 Å². The second-order valence-corrected chi connectivity index (χ2v) is 3.49. The smallest absolute Gasteiger partial charge is 0.0576 e. The van der Waals surface area contributed by atoms with Gasteiger partial charge in [0.2, 0.25) is 0 Å². The molecule has 1 aromatic rings. The first kappa shape index (κ1) is 8.32. The average molecular weight is 165 g/mol. The van der Waals surface area contributed by atoms with Crippen molar-refractivity contribution in [1.82, 2.24) is 5.32 Å². The molecule has 0 unspecified atom stereocenters. The summed E-state index contributed by atoms with van der Waals surface area (Å²) in [5.74, 6) is 2.54. The fourth-order valence-electron chi connectivity index (χ4n) is 0.869. The van der Waals surface area contributed by atoms with Crippen LogP contribution >= 0.6 is 11.3 Å². The van der Waals surface area contributed by atoms with Crippen LogP contribution in [0.4, 0.5) is 0 Å². The lowest BCUT2D eigenvalue weighted by molar-refractivity contribution is 0.772. The van der Waals surface area contributed by atoms with Gasteiger partial charge in [0.05, 0.1) is 6.54 Å². The Hall–Kier alpha value is -0.780. The maximum absolute atomic E-state index is 5.09. The summed E-state index contributed by atoms with van der Waals surface area (Å²) < 4.78 is 0. The molecule has 0 aliphatic heterocycles. The maximum Gasteiger partial charge on any atom is 0.0576 e.